The van der Waals surface area contributed by atoms with Gasteiger partial charge < -0.3 is 5.32 Å². The maximum absolute atomic E-state index is 13.3. The van der Waals surface area contributed by atoms with Crippen LogP contribution in [0.4, 0.5) is 5.69 Å². The summed E-state index contributed by atoms with van der Waals surface area (Å²) < 4.78 is 1.82. The Bertz CT molecular complexity index is 1340. The zero-order valence-corrected chi connectivity index (χ0v) is 19.1. The number of carbonyl (C=O) groups excluding carboxylic acids is 1. The van der Waals surface area contributed by atoms with Crippen LogP contribution in [0.2, 0.25) is 0 Å². The Morgan fingerprint density at radius 3 is 2.45 bits per heavy atom. The van der Waals surface area contributed by atoms with Crippen molar-refractivity contribution in [2.45, 2.75) is 36.9 Å². The third-order valence-electron chi connectivity index (χ3n) is 6.08. The Labute approximate surface area is 196 Å². The van der Waals surface area contributed by atoms with Gasteiger partial charge in [-0.1, -0.05) is 85.3 Å². The minimum atomic E-state index is -0.122. The van der Waals surface area contributed by atoms with E-state index in [4.69, 9.17) is 4.98 Å². The number of hydrogen-bond donors (Lipinski definition) is 1. The second kappa shape index (κ2) is 9.63. The minimum absolute atomic E-state index is 0.00942. The number of aromatic nitrogens is 2. The third kappa shape index (κ3) is 4.57. The normalized spacial score (nSPS) is 13.9. The number of fused-ring (bicyclic) bond motifs is 1. The molecule has 1 saturated carbocycles. The molecule has 5 nitrogen and oxygen atoms in total. The molecule has 1 aliphatic carbocycles. The fourth-order valence-electron chi connectivity index (χ4n) is 4.49. The van der Waals surface area contributed by atoms with E-state index in [0.717, 1.165) is 42.5 Å². The van der Waals surface area contributed by atoms with E-state index in [9.17, 15) is 9.59 Å². The van der Waals surface area contributed by atoms with E-state index < -0.39 is 0 Å². The Hall–Kier alpha value is -3.38. The van der Waals surface area contributed by atoms with Crippen LogP contribution in [0.1, 0.15) is 31.7 Å². The van der Waals surface area contributed by atoms with E-state index >= 15 is 0 Å². The van der Waals surface area contributed by atoms with Gasteiger partial charge in [0.1, 0.15) is 0 Å². The summed E-state index contributed by atoms with van der Waals surface area (Å²) in [5, 5.41) is 4.30. The maximum Gasteiger partial charge on any atom is 0.262 e. The molecule has 4 aromatic rings. The van der Waals surface area contributed by atoms with Crippen molar-refractivity contribution in [1.82, 2.24) is 9.55 Å². The van der Waals surface area contributed by atoms with Gasteiger partial charge in [0.05, 0.1) is 16.7 Å². The number of thioether (sulfide) groups is 1. The summed E-state index contributed by atoms with van der Waals surface area (Å²) >= 11 is 1.33. The second-order valence-electron chi connectivity index (χ2n) is 8.27. The predicted molar refractivity (Wildman–Crippen MR) is 135 cm³/mol. The van der Waals surface area contributed by atoms with Crippen molar-refractivity contribution in [1.29, 1.82) is 0 Å². The van der Waals surface area contributed by atoms with Crippen LogP contribution in [0.5, 0.6) is 0 Å². The molecule has 1 fully saturated rings. The maximum atomic E-state index is 13.3. The van der Waals surface area contributed by atoms with Gasteiger partial charge in [0.25, 0.3) is 5.56 Å². The highest BCUT2D eigenvalue weighted by Crippen LogP contribution is 2.32. The molecule has 0 saturated heterocycles. The molecule has 0 spiro atoms. The minimum Gasteiger partial charge on any atom is -0.325 e. The fourth-order valence-corrected chi connectivity index (χ4v) is 5.36. The first-order valence-electron chi connectivity index (χ1n) is 11.3. The van der Waals surface area contributed by atoms with Crippen LogP contribution < -0.4 is 10.9 Å². The van der Waals surface area contributed by atoms with E-state index in [1.807, 2.05) is 83.4 Å². The summed E-state index contributed by atoms with van der Waals surface area (Å²) in [5.74, 6) is 0.0597. The van der Waals surface area contributed by atoms with Gasteiger partial charge in [-0.2, -0.15) is 0 Å². The highest BCUT2D eigenvalue weighted by molar-refractivity contribution is 7.99. The first-order valence-corrected chi connectivity index (χ1v) is 12.3. The summed E-state index contributed by atoms with van der Waals surface area (Å²) in [6, 6.07) is 25.4. The monoisotopic (exact) mass is 455 g/mol. The van der Waals surface area contributed by atoms with E-state index in [1.165, 1.54) is 11.8 Å². The van der Waals surface area contributed by atoms with Crippen LogP contribution in [0.3, 0.4) is 0 Å². The lowest BCUT2D eigenvalue weighted by atomic mass is 10.0. The lowest BCUT2D eigenvalue weighted by molar-refractivity contribution is -0.113. The van der Waals surface area contributed by atoms with Crippen molar-refractivity contribution in [3.63, 3.8) is 0 Å². The Morgan fingerprint density at radius 1 is 0.939 bits per heavy atom. The molecular formula is C27H25N3O2S. The number of anilines is 1. The van der Waals surface area contributed by atoms with Gasteiger partial charge in [-0.05, 0) is 36.6 Å². The molecule has 1 aliphatic rings. The standard InChI is InChI=1S/C27H25N3O2S/c31-25(28-23-16-8-6-14-21(23)19-10-2-1-3-11-19)18-33-27-29-24-17-9-7-15-22(24)26(32)30(27)20-12-4-5-13-20/h1-3,6-11,14-17,20H,4-5,12-13,18H2,(H,28,31). The van der Waals surface area contributed by atoms with E-state index in [1.54, 1.807) is 0 Å². The highest BCUT2D eigenvalue weighted by Gasteiger charge is 2.23. The van der Waals surface area contributed by atoms with Gasteiger partial charge in [-0.25, -0.2) is 4.98 Å². The molecule has 5 rings (SSSR count). The molecule has 0 unspecified atom stereocenters. The van der Waals surface area contributed by atoms with Crippen LogP contribution in [0.15, 0.2) is 88.8 Å². The number of nitrogens with one attached hydrogen (secondary N) is 1. The van der Waals surface area contributed by atoms with Crippen LogP contribution in [-0.2, 0) is 4.79 Å². The Kier molecular flexibility index (Phi) is 6.26. The Morgan fingerprint density at radius 2 is 1.64 bits per heavy atom. The molecule has 6 heteroatoms. The van der Waals surface area contributed by atoms with Crippen LogP contribution in [-0.4, -0.2) is 21.2 Å². The summed E-state index contributed by atoms with van der Waals surface area (Å²) in [6.07, 6.45) is 4.18. The van der Waals surface area contributed by atoms with Crippen LogP contribution in [0.25, 0.3) is 22.0 Å². The molecule has 1 amide bonds. The highest BCUT2D eigenvalue weighted by atomic mass is 32.2. The van der Waals surface area contributed by atoms with Crippen molar-refractivity contribution in [3.05, 3.63) is 89.2 Å². The number of benzene rings is 3. The number of rotatable bonds is 6. The van der Waals surface area contributed by atoms with Gasteiger partial charge in [0.2, 0.25) is 5.91 Å². The van der Waals surface area contributed by atoms with Crippen molar-refractivity contribution < 1.29 is 4.79 Å². The molecule has 0 bridgehead atoms. The summed E-state index contributed by atoms with van der Waals surface area (Å²) in [6.45, 7) is 0. The van der Waals surface area contributed by atoms with Gasteiger partial charge in [-0.3, -0.25) is 14.2 Å². The molecule has 0 atom stereocenters. The van der Waals surface area contributed by atoms with Crippen molar-refractivity contribution >= 4 is 34.3 Å². The molecule has 0 radical (unpaired) electrons. The fraction of sp³-hybridized carbons (Fsp3) is 0.222. The van der Waals surface area contributed by atoms with Gasteiger partial charge in [0, 0.05) is 17.3 Å². The zero-order chi connectivity index (χ0) is 22.6. The molecule has 3 aromatic carbocycles. The van der Waals surface area contributed by atoms with Crippen molar-refractivity contribution in [3.8, 4) is 11.1 Å². The quantitative estimate of drug-likeness (QED) is 0.290. The average Bonchev–Trinajstić information content (AvgIpc) is 3.38. The third-order valence-corrected chi connectivity index (χ3v) is 7.04. The Balaban J connectivity index is 1.39. The van der Waals surface area contributed by atoms with E-state index in [-0.39, 0.29) is 23.3 Å². The molecule has 1 heterocycles. The number of amides is 1. The number of carbonyl (C=O) groups is 1. The predicted octanol–water partition coefficient (Wildman–Crippen LogP) is 5.91. The molecular weight excluding hydrogens is 430 g/mol. The van der Waals surface area contributed by atoms with E-state index in [0.29, 0.717) is 16.1 Å². The summed E-state index contributed by atoms with van der Waals surface area (Å²) in [4.78, 5) is 31.0. The SMILES string of the molecule is O=C(CSc1nc2ccccc2c(=O)n1C1CCCC1)Nc1ccccc1-c1ccccc1. The van der Waals surface area contributed by atoms with Gasteiger partial charge >= 0.3 is 0 Å². The summed E-state index contributed by atoms with van der Waals surface area (Å²) in [7, 11) is 0. The average molecular weight is 456 g/mol. The van der Waals surface area contributed by atoms with Crippen LogP contribution >= 0.6 is 11.8 Å². The lowest BCUT2D eigenvalue weighted by Crippen LogP contribution is -2.27. The molecule has 0 aliphatic heterocycles. The lowest BCUT2D eigenvalue weighted by Gasteiger charge is -2.18. The zero-order valence-electron chi connectivity index (χ0n) is 18.2. The second-order valence-corrected chi connectivity index (χ2v) is 9.22. The topological polar surface area (TPSA) is 64.0 Å². The van der Waals surface area contributed by atoms with Gasteiger partial charge in [-0.15, -0.1) is 0 Å². The first-order chi connectivity index (χ1) is 16.2. The summed E-state index contributed by atoms with van der Waals surface area (Å²) in [5.41, 5.74) is 3.46. The largest absolute Gasteiger partial charge is 0.325 e. The smallest absolute Gasteiger partial charge is 0.262 e. The molecule has 1 aromatic heterocycles. The van der Waals surface area contributed by atoms with Crippen molar-refractivity contribution in [2.24, 2.45) is 0 Å². The van der Waals surface area contributed by atoms with Crippen molar-refractivity contribution in [2.75, 3.05) is 11.1 Å². The molecule has 1 N–H and O–H groups in total. The number of para-hydroxylation sites is 2. The number of nitrogens with zero attached hydrogens (tertiary/aromatic N) is 2. The van der Waals surface area contributed by atoms with Gasteiger partial charge in [0.15, 0.2) is 5.16 Å². The van der Waals surface area contributed by atoms with Crippen LogP contribution in [0, 0.1) is 0 Å². The number of hydrogen-bond acceptors (Lipinski definition) is 4. The molecule has 166 valence electrons. The first kappa shape index (κ1) is 21.5. The molecule has 33 heavy (non-hydrogen) atoms. The van der Waals surface area contributed by atoms with E-state index in [2.05, 4.69) is 5.32 Å².